The molecule has 0 saturated carbocycles. The summed E-state index contributed by atoms with van der Waals surface area (Å²) in [4.78, 5) is 0. The standard InChI is InChI=1S/C11H18N2O3S2.ClH/c1-16-9-11(5-3-6-12-11)8-13-18(14,15)10-4-2-7-17-10;/h2,4,7,12-13H,3,5-6,8-9H2,1H3;1H. The Morgan fingerprint density at radius 2 is 2.37 bits per heavy atom. The molecule has 110 valence electrons. The predicted molar refractivity (Wildman–Crippen MR) is 78.6 cm³/mol. The van der Waals surface area contributed by atoms with Gasteiger partial charge in [-0.05, 0) is 30.8 Å². The van der Waals surface area contributed by atoms with E-state index >= 15 is 0 Å². The van der Waals surface area contributed by atoms with Crippen molar-refractivity contribution in [3.05, 3.63) is 17.5 Å². The molecule has 1 atom stereocenters. The van der Waals surface area contributed by atoms with Crippen LogP contribution in [0.4, 0.5) is 0 Å². The highest BCUT2D eigenvalue weighted by Gasteiger charge is 2.34. The number of rotatable bonds is 6. The largest absolute Gasteiger partial charge is 0.383 e. The lowest BCUT2D eigenvalue weighted by Gasteiger charge is -2.28. The van der Waals surface area contributed by atoms with Crippen LogP contribution in [0.3, 0.4) is 0 Å². The van der Waals surface area contributed by atoms with Crippen molar-refractivity contribution in [3.63, 3.8) is 0 Å². The van der Waals surface area contributed by atoms with E-state index in [-0.39, 0.29) is 17.9 Å². The van der Waals surface area contributed by atoms with Crippen LogP contribution in [-0.2, 0) is 14.8 Å². The Bertz CT molecular complexity index is 470. The fourth-order valence-corrected chi connectivity index (χ4v) is 4.36. The van der Waals surface area contributed by atoms with Crippen LogP contribution in [-0.4, -0.2) is 40.8 Å². The molecule has 0 aliphatic carbocycles. The number of hydrogen-bond donors (Lipinski definition) is 2. The fraction of sp³-hybridized carbons (Fsp3) is 0.636. The topological polar surface area (TPSA) is 67.4 Å². The first-order valence-corrected chi connectivity index (χ1v) is 8.21. The minimum atomic E-state index is -3.39. The second-order valence-corrected chi connectivity index (χ2v) is 7.44. The third-order valence-corrected chi connectivity index (χ3v) is 5.91. The first-order valence-electron chi connectivity index (χ1n) is 5.85. The summed E-state index contributed by atoms with van der Waals surface area (Å²) in [6, 6.07) is 3.34. The van der Waals surface area contributed by atoms with Gasteiger partial charge in [0.15, 0.2) is 0 Å². The van der Waals surface area contributed by atoms with E-state index in [4.69, 9.17) is 4.74 Å². The Kier molecular flexibility index (Phi) is 6.22. The van der Waals surface area contributed by atoms with Crippen LogP contribution in [0.2, 0.25) is 0 Å². The Labute approximate surface area is 124 Å². The highest BCUT2D eigenvalue weighted by Crippen LogP contribution is 2.21. The molecule has 0 aromatic carbocycles. The minimum absolute atomic E-state index is 0. The van der Waals surface area contributed by atoms with Crippen LogP contribution in [0.5, 0.6) is 0 Å². The van der Waals surface area contributed by atoms with Crippen molar-refractivity contribution >= 4 is 33.8 Å². The lowest BCUT2D eigenvalue weighted by Crippen LogP contribution is -2.52. The zero-order valence-corrected chi connectivity index (χ0v) is 13.2. The van der Waals surface area contributed by atoms with Crippen LogP contribution in [0.15, 0.2) is 21.7 Å². The molecule has 8 heteroatoms. The second-order valence-electron chi connectivity index (χ2n) is 4.50. The van der Waals surface area contributed by atoms with Crippen molar-refractivity contribution in [2.45, 2.75) is 22.6 Å². The molecule has 1 aromatic rings. The number of thiophene rings is 1. The Morgan fingerprint density at radius 1 is 1.58 bits per heavy atom. The van der Waals surface area contributed by atoms with Crippen molar-refractivity contribution in [1.82, 2.24) is 10.0 Å². The molecule has 0 radical (unpaired) electrons. The molecule has 1 aromatic heterocycles. The number of sulfonamides is 1. The van der Waals surface area contributed by atoms with Crippen LogP contribution in [0.25, 0.3) is 0 Å². The smallest absolute Gasteiger partial charge is 0.250 e. The first kappa shape index (κ1) is 16.9. The summed E-state index contributed by atoms with van der Waals surface area (Å²) in [5.74, 6) is 0. The van der Waals surface area contributed by atoms with Gasteiger partial charge in [0, 0.05) is 13.7 Å². The van der Waals surface area contributed by atoms with Crippen LogP contribution < -0.4 is 10.0 Å². The zero-order chi connectivity index (χ0) is 13.1. The van der Waals surface area contributed by atoms with E-state index in [2.05, 4.69) is 10.0 Å². The average molecular weight is 327 g/mol. The molecule has 5 nitrogen and oxygen atoms in total. The Hall–Kier alpha value is -0.180. The minimum Gasteiger partial charge on any atom is -0.383 e. The van der Waals surface area contributed by atoms with Gasteiger partial charge < -0.3 is 10.1 Å². The summed E-state index contributed by atoms with van der Waals surface area (Å²) >= 11 is 1.22. The van der Waals surface area contributed by atoms with Gasteiger partial charge in [0.1, 0.15) is 4.21 Å². The zero-order valence-electron chi connectivity index (χ0n) is 10.7. The second kappa shape index (κ2) is 7.01. The molecule has 2 rings (SSSR count). The molecule has 0 spiro atoms. The highest BCUT2D eigenvalue weighted by molar-refractivity contribution is 7.91. The van der Waals surface area contributed by atoms with E-state index in [0.29, 0.717) is 17.4 Å². The predicted octanol–water partition coefficient (Wildman–Crippen LogP) is 1.22. The Morgan fingerprint density at radius 3 is 2.89 bits per heavy atom. The SMILES string of the molecule is COCC1(CNS(=O)(=O)c2cccs2)CCCN1.Cl. The van der Waals surface area contributed by atoms with Crippen molar-refractivity contribution < 1.29 is 13.2 Å². The molecule has 1 saturated heterocycles. The summed E-state index contributed by atoms with van der Waals surface area (Å²) < 4.78 is 32.3. The molecule has 0 bridgehead atoms. The van der Waals surface area contributed by atoms with E-state index in [0.717, 1.165) is 19.4 Å². The van der Waals surface area contributed by atoms with E-state index in [9.17, 15) is 8.42 Å². The van der Waals surface area contributed by atoms with Crippen molar-refractivity contribution in [2.75, 3.05) is 26.8 Å². The molecular formula is C11H19ClN2O3S2. The third-order valence-electron chi connectivity index (χ3n) is 3.11. The molecule has 1 unspecified atom stereocenters. The molecule has 19 heavy (non-hydrogen) atoms. The third kappa shape index (κ3) is 4.14. The van der Waals surface area contributed by atoms with Crippen LogP contribution in [0.1, 0.15) is 12.8 Å². The number of halogens is 1. The quantitative estimate of drug-likeness (QED) is 0.825. The van der Waals surface area contributed by atoms with Gasteiger partial charge in [0.05, 0.1) is 12.1 Å². The Balaban J connectivity index is 0.00000180. The fourth-order valence-electron chi connectivity index (χ4n) is 2.19. The summed E-state index contributed by atoms with van der Waals surface area (Å²) in [6.07, 6.45) is 1.97. The maximum Gasteiger partial charge on any atom is 0.250 e. The average Bonchev–Trinajstić information content (AvgIpc) is 2.99. The summed E-state index contributed by atoms with van der Waals surface area (Å²) in [6.45, 7) is 1.78. The van der Waals surface area contributed by atoms with E-state index in [1.807, 2.05) is 0 Å². The van der Waals surface area contributed by atoms with Gasteiger partial charge in [-0.2, -0.15) is 0 Å². The van der Waals surface area contributed by atoms with Crippen molar-refractivity contribution in [2.24, 2.45) is 0 Å². The van der Waals surface area contributed by atoms with Gasteiger partial charge in [0.2, 0.25) is 10.0 Å². The van der Waals surface area contributed by atoms with Crippen LogP contribution in [0, 0.1) is 0 Å². The number of nitrogens with one attached hydrogen (secondary N) is 2. The lowest BCUT2D eigenvalue weighted by molar-refractivity contribution is 0.122. The molecule has 2 N–H and O–H groups in total. The normalized spacial score (nSPS) is 23.2. The van der Waals surface area contributed by atoms with Gasteiger partial charge >= 0.3 is 0 Å². The number of methoxy groups -OCH3 is 1. The van der Waals surface area contributed by atoms with Gasteiger partial charge in [0.25, 0.3) is 0 Å². The van der Waals surface area contributed by atoms with Gasteiger partial charge in [-0.1, -0.05) is 6.07 Å². The molecule has 0 amide bonds. The lowest BCUT2D eigenvalue weighted by atomic mass is 9.99. The monoisotopic (exact) mass is 326 g/mol. The molecule has 1 aliphatic heterocycles. The summed E-state index contributed by atoms with van der Waals surface area (Å²) in [7, 11) is -1.75. The highest BCUT2D eigenvalue weighted by atomic mass is 35.5. The number of ether oxygens (including phenoxy) is 1. The van der Waals surface area contributed by atoms with Gasteiger partial charge in [-0.3, -0.25) is 0 Å². The van der Waals surface area contributed by atoms with Gasteiger partial charge in [-0.15, -0.1) is 23.7 Å². The van der Waals surface area contributed by atoms with Crippen molar-refractivity contribution in [1.29, 1.82) is 0 Å². The van der Waals surface area contributed by atoms with Gasteiger partial charge in [-0.25, -0.2) is 13.1 Å². The summed E-state index contributed by atoms with van der Waals surface area (Å²) in [5.41, 5.74) is -0.265. The number of hydrogen-bond acceptors (Lipinski definition) is 5. The summed E-state index contributed by atoms with van der Waals surface area (Å²) in [5, 5.41) is 5.10. The molecule has 1 aliphatic rings. The van der Waals surface area contributed by atoms with Crippen LogP contribution >= 0.6 is 23.7 Å². The maximum atomic E-state index is 12.0. The molecule has 1 fully saturated rings. The first-order chi connectivity index (χ1) is 8.58. The molecule has 2 heterocycles. The van der Waals surface area contributed by atoms with E-state index in [1.54, 1.807) is 24.6 Å². The maximum absolute atomic E-state index is 12.0. The van der Waals surface area contributed by atoms with Crippen molar-refractivity contribution in [3.8, 4) is 0 Å². The molecular weight excluding hydrogens is 308 g/mol. The van der Waals surface area contributed by atoms with E-state index in [1.165, 1.54) is 11.3 Å². The van der Waals surface area contributed by atoms with E-state index < -0.39 is 10.0 Å².